The Bertz CT molecular complexity index is 949. The van der Waals surface area contributed by atoms with Crippen LogP contribution in [0.1, 0.15) is 24.5 Å². The molecule has 3 aromatic rings. The Morgan fingerprint density at radius 3 is 2.50 bits per heavy atom. The van der Waals surface area contributed by atoms with E-state index >= 15 is 0 Å². The molecule has 1 aliphatic carbocycles. The minimum atomic E-state index is 0.308. The van der Waals surface area contributed by atoms with Gasteiger partial charge in [0.25, 0.3) is 0 Å². The number of aromatic nitrogens is 4. The van der Waals surface area contributed by atoms with E-state index in [0.717, 1.165) is 5.69 Å². The first-order valence-electron chi connectivity index (χ1n) is 7.76. The van der Waals surface area contributed by atoms with Crippen LogP contribution in [0.3, 0.4) is 0 Å². The maximum absolute atomic E-state index is 6.05. The fourth-order valence-electron chi connectivity index (χ4n) is 2.40. The SMILES string of the molecule is Clc1cc(Nc2ncc(Br)c(Nc3cc(C4CC4)[nH]n3)n2)cc(Cl)c1Cl. The van der Waals surface area contributed by atoms with Gasteiger partial charge in [-0.15, -0.1) is 0 Å². The number of nitrogens with zero attached hydrogens (tertiary/aromatic N) is 3. The summed E-state index contributed by atoms with van der Waals surface area (Å²) in [6, 6.07) is 5.31. The molecule has 0 aliphatic heterocycles. The molecular formula is C16H12BrCl3N6. The van der Waals surface area contributed by atoms with Gasteiger partial charge in [0, 0.05) is 29.6 Å². The summed E-state index contributed by atoms with van der Waals surface area (Å²) in [5.74, 6) is 2.27. The second-order valence-electron chi connectivity index (χ2n) is 5.88. The first-order valence-corrected chi connectivity index (χ1v) is 9.68. The normalized spacial score (nSPS) is 13.7. The van der Waals surface area contributed by atoms with Gasteiger partial charge in [-0.3, -0.25) is 5.10 Å². The Morgan fingerprint density at radius 1 is 1.08 bits per heavy atom. The van der Waals surface area contributed by atoms with Gasteiger partial charge in [0.1, 0.15) is 0 Å². The molecule has 0 saturated heterocycles. The van der Waals surface area contributed by atoms with Crippen molar-refractivity contribution in [3.63, 3.8) is 0 Å². The summed E-state index contributed by atoms with van der Waals surface area (Å²) < 4.78 is 0.714. The average Bonchev–Trinajstić information content (AvgIpc) is 3.35. The quantitative estimate of drug-likeness (QED) is 0.379. The second kappa shape index (κ2) is 7.23. The molecule has 0 amide bonds. The third-order valence-corrected chi connectivity index (χ3v) is 5.62. The largest absolute Gasteiger partial charge is 0.324 e. The molecule has 0 unspecified atom stereocenters. The van der Waals surface area contributed by atoms with Gasteiger partial charge < -0.3 is 10.6 Å². The number of rotatable bonds is 5. The van der Waals surface area contributed by atoms with Gasteiger partial charge in [-0.2, -0.15) is 10.1 Å². The smallest absolute Gasteiger partial charge is 0.229 e. The second-order valence-corrected chi connectivity index (χ2v) is 7.92. The summed E-state index contributed by atoms with van der Waals surface area (Å²) in [5.41, 5.74) is 1.77. The van der Waals surface area contributed by atoms with Crippen molar-refractivity contribution in [1.82, 2.24) is 20.2 Å². The van der Waals surface area contributed by atoms with E-state index in [1.807, 2.05) is 6.07 Å². The van der Waals surface area contributed by atoms with E-state index in [0.29, 0.717) is 48.7 Å². The number of aromatic amines is 1. The number of hydrogen-bond acceptors (Lipinski definition) is 5. The van der Waals surface area contributed by atoms with Gasteiger partial charge in [-0.25, -0.2) is 4.98 Å². The predicted molar refractivity (Wildman–Crippen MR) is 108 cm³/mol. The maximum atomic E-state index is 6.05. The molecule has 3 N–H and O–H groups in total. The van der Waals surface area contributed by atoms with Crippen LogP contribution in [0.4, 0.5) is 23.3 Å². The van der Waals surface area contributed by atoms with Crippen molar-refractivity contribution in [2.24, 2.45) is 0 Å². The Hall–Kier alpha value is -1.54. The van der Waals surface area contributed by atoms with E-state index in [1.54, 1.807) is 18.3 Å². The van der Waals surface area contributed by atoms with E-state index in [4.69, 9.17) is 34.8 Å². The highest BCUT2D eigenvalue weighted by molar-refractivity contribution is 9.10. The topological polar surface area (TPSA) is 78.5 Å². The molecule has 1 aliphatic rings. The minimum absolute atomic E-state index is 0.308. The molecule has 1 fully saturated rings. The van der Waals surface area contributed by atoms with Crippen molar-refractivity contribution in [3.05, 3.63) is 49.6 Å². The number of hydrogen-bond donors (Lipinski definition) is 3. The highest BCUT2D eigenvalue weighted by Gasteiger charge is 2.25. The Kier molecular flexibility index (Phi) is 4.96. The molecule has 4 rings (SSSR count). The summed E-state index contributed by atoms with van der Waals surface area (Å²) in [6.07, 6.45) is 4.06. The summed E-state index contributed by atoms with van der Waals surface area (Å²) >= 11 is 21.5. The van der Waals surface area contributed by atoms with Gasteiger partial charge in [0.15, 0.2) is 11.6 Å². The van der Waals surface area contributed by atoms with E-state index in [2.05, 4.69) is 46.7 Å². The number of anilines is 4. The molecule has 10 heteroatoms. The van der Waals surface area contributed by atoms with Crippen LogP contribution in [-0.2, 0) is 0 Å². The molecule has 0 radical (unpaired) electrons. The van der Waals surface area contributed by atoms with Crippen LogP contribution in [0.25, 0.3) is 0 Å². The predicted octanol–water partition coefficient (Wildman–Crippen LogP) is 6.29. The fraction of sp³-hybridized carbons (Fsp3) is 0.188. The lowest BCUT2D eigenvalue weighted by molar-refractivity contribution is 0.966. The highest BCUT2D eigenvalue weighted by Crippen LogP contribution is 2.40. The third-order valence-electron chi connectivity index (χ3n) is 3.85. The molecule has 2 aromatic heterocycles. The van der Waals surface area contributed by atoms with Crippen molar-refractivity contribution in [2.45, 2.75) is 18.8 Å². The van der Waals surface area contributed by atoms with Crippen molar-refractivity contribution in [2.75, 3.05) is 10.6 Å². The average molecular weight is 475 g/mol. The van der Waals surface area contributed by atoms with Crippen molar-refractivity contribution >= 4 is 74.0 Å². The zero-order valence-corrected chi connectivity index (χ0v) is 17.0. The molecule has 0 spiro atoms. The van der Waals surface area contributed by atoms with Crippen molar-refractivity contribution < 1.29 is 0 Å². The van der Waals surface area contributed by atoms with Crippen LogP contribution in [0.2, 0.25) is 15.1 Å². The Morgan fingerprint density at radius 2 is 1.81 bits per heavy atom. The number of H-pyrrole nitrogens is 1. The summed E-state index contributed by atoms with van der Waals surface area (Å²) in [5, 5.41) is 14.6. The summed E-state index contributed by atoms with van der Waals surface area (Å²) in [6.45, 7) is 0. The zero-order valence-electron chi connectivity index (χ0n) is 13.2. The van der Waals surface area contributed by atoms with E-state index in [-0.39, 0.29) is 0 Å². The van der Waals surface area contributed by atoms with Crippen LogP contribution in [0, 0.1) is 0 Å². The van der Waals surface area contributed by atoms with Gasteiger partial charge >= 0.3 is 0 Å². The first kappa shape index (κ1) is 17.9. The third kappa shape index (κ3) is 3.91. The van der Waals surface area contributed by atoms with Gasteiger partial charge in [0.05, 0.1) is 19.5 Å². The van der Waals surface area contributed by atoms with Crippen LogP contribution in [0.5, 0.6) is 0 Å². The van der Waals surface area contributed by atoms with Crippen molar-refractivity contribution in [3.8, 4) is 0 Å². The monoisotopic (exact) mass is 472 g/mol. The lowest BCUT2D eigenvalue weighted by Crippen LogP contribution is -2.02. The molecule has 1 saturated carbocycles. The zero-order chi connectivity index (χ0) is 18.3. The molecule has 0 bridgehead atoms. The van der Waals surface area contributed by atoms with Gasteiger partial charge in [0.2, 0.25) is 5.95 Å². The highest BCUT2D eigenvalue weighted by atomic mass is 79.9. The lowest BCUT2D eigenvalue weighted by Gasteiger charge is -2.10. The van der Waals surface area contributed by atoms with Crippen LogP contribution < -0.4 is 10.6 Å². The van der Waals surface area contributed by atoms with Crippen LogP contribution in [0.15, 0.2) is 28.9 Å². The first-order chi connectivity index (χ1) is 12.5. The lowest BCUT2D eigenvalue weighted by atomic mass is 10.3. The van der Waals surface area contributed by atoms with Gasteiger partial charge in [-0.05, 0) is 40.9 Å². The summed E-state index contributed by atoms with van der Waals surface area (Å²) in [7, 11) is 0. The molecule has 1 aromatic carbocycles. The Labute approximate surface area is 172 Å². The molecular weight excluding hydrogens is 462 g/mol. The van der Waals surface area contributed by atoms with E-state index in [1.165, 1.54) is 12.8 Å². The minimum Gasteiger partial charge on any atom is -0.324 e. The number of benzene rings is 1. The van der Waals surface area contributed by atoms with Crippen molar-refractivity contribution in [1.29, 1.82) is 0 Å². The molecule has 2 heterocycles. The van der Waals surface area contributed by atoms with Crippen LogP contribution >= 0.6 is 50.7 Å². The number of nitrogens with one attached hydrogen (secondary N) is 3. The summed E-state index contributed by atoms with van der Waals surface area (Å²) in [4.78, 5) is 8.71. The Balaban J connectivity index is 1.55. The fourth-order valence-corrected chi connectivity index (χ4v) is 3.28. The molecule has 134 valence electrons. The van der Waals surface area contributed by atoms with Crippen LogP contribution in [-0.4, -0.2) is 20.2 Å². The maximum Gasteiger partial charge on any atom is 0.229 e. The molecule has 26 heavy (non-hydrogen) atoms. The van der Waals surface area contributed by atoms with Gasteiger partial charge in [-0.1, -0.05) is 34.8 Å². The standard InChI is InChI=1S/C16H12BrCl3N6/c17-9-6-21-16(22-8-3-10(18)14(20)11(19)4-8)24-15(9)23-13-5-12(25-26-13)7-1-2-7/h3-7H,1-2H2,(H3,21,22,23,24,25,26). The molecule has 0 atom stereocenters. The number of halogens is 4. The molecule has 6 nitrogen and oxygen atoms in total. The van der Waals surface area contributed by atoms with E-state index in [9.17, 15) is 0 Å². The van der Waals surface area contributed by atoms with E-state index < -0.39 is 0 Å².